The molecule has 1 aromatic heterocycles. The number of carbonyl (C=O) groups excluding carboxylic acids is 1. The van der Waals surface area contributed by atoms with Gasteiger partial charge in [0.15, 0.2) is 0 Å². The van der Waals surface area contributed by atoms with Crippen molar-refractivity contribution < 1.29 is 14.7 Å². The van der Waals surface area contributed by atoms with Gasteiger partial charge < -0.3 is 10.4 Å². The molecule has 1 aliphatic carbocycles. The van der Waals surface area contributed by atoms with Gasteiger partial charge in [0.05, 0.1) is 28.9 Å². The Balaban J connectivity index is 2.21. The molecule has 0 bridgehead atoms. The quantitative estimate of drug-likeness (QED) is 0.892. The summed E-state index contributed by atoms with van der Waals surface area (Å²) in [7, 11) is 0. The van der Waals surface area contributed by atoms with Crippen LogP contribution >= 0.6 is 0 Å². The minimum Gasteiger partial charge on any atom is -0.481 e. The van der Waals surface area contributed by atoms with Crippen LogP contribution in [0.1, 0.15) is 45.1 Å². The molecule has 2 atom stereocenters. The van der Waals surface area contributed by atoms with Crippen molar-refractivity contribution in [2.45, 2.75) is 47.6 Å². The predicted octanol–water partition coefficient (Wildman–Crippen LogP) is 2.38. The van der Waals surface area contributed by atoms with Gasteiger partial charge in [-0.15, -0.1) is 0 Å². The Morgan fingerprint density at radius 1 is 1.29 bits per heavy atom. The van der Waals surface area contributed by atoms with Crippen molar-refractivity contribution in [2.75, 3.05) is 5.32 Å². The van der Waals surface area contributed by atoms with Crippen molar-refractivity contribution in [1.29, 1.82) is 0 Å². The van der Waals surface area contributed by atoms with E-state index in [0.717, 1.165) is 11.4 Å². The summed E-state index contributed by atoms with van der Waals surface area (Å²) in [6, 6.07) is 0.207. The highest BCUT2D eigenvalue weighted by Crippen LogP contribution is 2.58. The van der Waals surface area contributed by atoms with E-state index in [1.165, 1.54) is 0 Å². The molecule has 2 N–H and O–H groups in total. The van der Waals surface area contributed by atoms with Crippen LogP contribution in [0.4, 0.5) is 5.69 Å². The highest BCUT2D eigenvalue weighted by molar-refractivity contribution is 6.00. The standard InChI is InChI=1S/C15H23N3O3/c1-7(2)18-9(4)12(8(3)17-18)16-13(19)10-11(14(20)21)15(10,5)6/h7,10-11H,1-6H3,(H,16,19)(H,20,21). The maximum Gasteiger partial charge on any atom is 0.307 e. The van der Waals surface area contributed by atoms with Crippen LogP contribution in [0.2, 0.25) is 0 Å². The fourth-order valence-corrected chi connectivity index (χ4v) is 3.14. The number of carboxylic acids is 1. The number of nitrogens with one attached hydrogen (secondary N) is 1. The SMILES string of the molecule is Cc1nn(C(C)C)c(C)c1NC(=O)C1C(C(=O)O)C1(C)C. The lowest BCUT2D eigenvalue weighted by Gasteiger charge is -2.09. The lowest BCUT2D eigenvalue weighted by molar-refractivity contribution is -0.140. The van der Waals surface area contributed by atoms with Crippen molar-refractivity contribution in [2.24, 2.45) is 17.3 Å². The second-order valence-electron chi connectivity index (χ2n) is 6.69. The molecule has 0 saturated heterocycles. The third kappa shape index (κ3) is 2.43. The lowest BCUT2D eigenvalue weighted by Crippen LogP contribution is -2.18. The van der Waals surface area contributed by atoms with Gasteiger partial charge in [0.2, 0.25) is 5.91 Å². The molecule has 6 nitrogen and oxygen atoms in total. The summed E-state index contributed by atoms with van der Waals surface area (Å²) in [6.07, 6.45) is 0. The van der Waals surface area contributed by atoms with Gasteiger partial charge in [-0.1, -0.05) is 13.8 Å². The maximum absolute atomic E-state index is 12.4. The van der Waals surface area contributed by atoms with Gasteiger partial charge in [0.1, 0.15) is 0 Å². The van der Waals surface area contributed by atoms with Crippen molar-refractivity contribution in [1.82, 2.24) is 9.78 Å². The molecule has 0 aliphatic heterocycles. The summed E-state index contributed by atoms with van der Waals surface area (Å²) < 4.78 is 1.86. The van der Waals surface area contributed by atoms with E-state index in [2.05, 4.69) is 10.4 Å². The zero-order valence-corrected chi connectivity index (χ0v) is 13.4. The Hall–Kier alpha value is -1.85. The minimum absolute atomic E-state index is 0.207. The molecular weight excluding hydrogens is 270 g/mol. The first kappa shape index (κ1) is 15.5. The summed E-state index contributed by atoms with van der Waals surface area (Å²) in [4.78, 5) is 23.6. The Morgan fingerprint density at radius 2 is 1.86 bits per heavy atom. The Bertz CT molecular complexity index is 602. The number of nitrogens with zero attached hydrogens (tertiary/aromatic N) is 2. The molecule has 116 valence electrons. The molecule has 6 heteroatoms. The van der Waals surface area contributed by atoms with E-state index in [1.807, 2.05) is 46.2 Å². The first-order valence-corrected chi connectivity index (χ1v) is 7.18. The van der Waals surface area contributed by atoms with Crippen LogP contribution < -0.4 is 5.32 Å². The molecule has 0 aromatic carbocycles. The highest BCUT2D eigenvalue weighted by Gasteiger charge is 2.65. The van der Waals surface area contributed by atoms with Crippen LogP contribution in [0.3, 0.4) is 0 Å². The average molecular weight is 293 g/mol. The summed E-state index contributed by atoms with van der Waals surface area (Å²) in [5, 5.41) is 16.5. The van der Waals surface area contributed by atoms with E-state index in [4.69, 9.17) is 5.11 Å². The molecule has 1 aliphatic rings. The third-order valence-electron chi connectivity index (χ3n) is 4.44. The number of carbonyl (C=O) groups is 2. The Kier molecular flexibility index (Phi) is 3.59. The average Bonchev–Trinajstić information content (AvgIpc) is 2.83. The third-order valence-corrected chi connectivity index (χ3v) is 4.44. The lowest BCUT2D eigenvalue weighted by atomic mass is 10.1. The molecule has 1 heterocycles. The predicted molar refractivity (Wildman–Crippen MR) is 79.1 cm³/mol. The van der Waals surface area contributed by atoms with Gasteiger partial charge in [-0.25, -0.2) is 0 Å². The highest BCUT2D eigenvalue weighted by atomic mass is 16.4. The summed E-state index contributed by atoms with van der Waals surface area (Å²) in [5.41, 5.74) is 1.84. The van der Waals surface area contributed by atoms with E-state index in [-0.39, 0.29) is 11.9 Å². The fraction of sp³-hybridized carbons (Fsp3) is 0.667. The van der Waals surface area contributed by atoms with Crippen LogP contribution in [0, 0.1) is 31.1 Å². The largest absolute Gasteiger partial charge is 0.481 e. The number of aryl methyl sites for hydroxylation is 1. The summed E-state index contributed by atoms with van der Waals surface area (Å²) in [5.74, 6) is -2.25. The van der Waals surface area contributed by atoms with E-state index >= 15 is 0 Å². The number of carboxylic acid groups (broad SMARTS) is 1. The molecule has 2 rings (SSSR count). The molecule has 1 saturated carbocycles. The van der Waals surface area contributed by atoms with Gasteiger partial charge in [0.25, 0.3) is 0 Å². The molecular formula is C15H23N3O3. The van der Waals surface area contributed by atoms with Crippen LogP contribution in [0.5, 0.6) is 0 Å². The zero-order valence-electron chi connectivity index (χ0n) is 13.4. The first-order chi connectivity index (χ1) is 9.59. The van der Waals surface area contributed by atoms with Crippen molar-refractivity contribution in [3.63, 3.8) is 0 Å². The van der Waals surface area contributed by atoms with Gasteiger partial charge in [-0.2, -0.15) is 5.10 Å². The van der Waals surface area contributed by atoms with Crippen LogP contribution in [-0.2, 0) is 9.59 Å². The van der Waals surface area contributed by atoms with Crippen molar-refractivity contribution >= 4 is 17.6 Å². The molecule has 1 fully saturated rings. The number of rotatable bonds is 4. The number of hydrogen-bond donors (Lipinski definition) is 2. The van der Waals surface area contributed by atoms with E-state index < -0.39 is 23.2 Å². The monoisotopic (exact) mass is 293 g/mol. The van der Waals surface area contributed by atoms with Gasteiger partial charge in [-0.05, 0) is 33.1 Å². The van der Waals surface area contributed by atoms with Gasteiger partial charge in [0, 0.05) is 6.04 Å². The molecule has 2 unspecified atom stereocenters. The summed E-state index contributed by atoms with van der Waals surface area (Å²) >= 11 is 0. The molecule has 1 aromatic rings. The number of amides is 1. The van der Waals surface area contributed by atoms with Crippen molar-refractivity contribution in [3.8, 4) is 0 Å². The smallest absolute Gasteiger partial charge is 0.307 e. The summed E-state index contributed by atoms with van der Waals surface area (Å²) in [6.45, 7) is 11.4. The normalized spacial score (nSPS) is 23.2. The van der Waals surface area contributed by atoms with Crippen LogP contribution in [0.25, 0.3) is 0 Å². The van der Waals surface area contributed by atoms with Crippen molar-refractivity contribution in [3.05, 3.63) is 11.4 Å². The van der Waals surface area contributed by atoms with E-state index in [9.17, 15) is 9.59 Å². The molecule has 0 radical (unpaired) electrons. The van der Waals surface area contributed by atoms with Crippen LogP contribution in [0.15, 0.2) is 0 Å². The zero-order chi connectivity index (χ0) is 16.1. The van der Waals surface area contributed by atoms with E-state index in [1.54, 1.807) is 0 Å². The number of aliphatic carboxylic acids is 1. The maximum atomic E-state index is 12.4. The Morgan fingerprint density at radius 3 is 2.24 bits per heavy atom. The van der Waals surface area contributed by atoms with Gasteiger partial charge in [-0.3, -0.25) is 14.3 Å². The second-order valence-corrected chi connectivity index (χ2v) is 6.69. The number of hydrogen-bond acceptors (Lipinski definition) is 3. The van der Waals surface area contributed by atoms with Crippen LogP contribution in [-0.4, -0.2) is 26.8 Å². The fourth-order valence-electron chi connectivity index (χ4n) is 3.14. The Labute approximate surface area is 124 Å². The molecule has 1 amide bonds. The van der Waals surface area contributed by atoms with E-state index in [0.29, 0.717) is 5.69 Å². The number of aromatic nitrogens is 2. The first-order valence-electron chi connectivity index (χ1n) is 7.18. The number of anilines is 1. The second kappa shape index (κ2) is 4.86. The topological polar surface area (TPSA) is 84.2 Å². The minimum atomic E-state index is -0.911. The molecule has 21 heavy (non-hydrogen) atoms. The van der Waals surface area contributed by atoms with Gasteiger partial charge >= 0.3 is 5.97 Å². The molecule has 0 spiro atoms.